The molecule has 6 nitrogen and oxygen atoms in total. The van der Waals surface area contributed by atoms with Crippen LogP contribution >= 0.6 is 11.3 Å². The number of aromatic nitrogens is 2. The van der Waals surface area contributed by atoms with Gasteiger partial charge in [-0.05, 0) is 64.0 Å². The highest BCUT2D eigenvalue weighted by Gasteiger charge is 2.15. The first-order chi connectivity index (χ1) is 12.1. The summed E-state index contributed by atoms with van der Waals surface area (Å²) in [6, 6.07) is 7.11. The molecular formula is C18H24N4O2S. The Morgan fingerprint density at radius 1 is 1.20 bits per heavy atom. The molecule has 0 unspecified atom stereocenters. The molecule has 0 bridgehead atoms. The summed E-state index contributed by atoms with van der Waals surface area (Å²) in [5.74, 6) is 0.572. The lowest BCUT2D eigenvalue weighted by Crippen LogP contribution is -2.28. The van der Waals surface area contributed by atoms with Gasteiger partial charge in [0.2, 0.25) is 5.13 Å². The maximum Gasteiger partial charge on any atom is 0.257 e. The summed E-state index contributed by atoms with van der Waals surface area (Å²) in [7, 11) is 0. The molecule has 1 saturated heterocycles. The number of hydrogen-bond acceptors (Lipinski definition) is 6. The third kappa shape index (κ3) is 5.24. The Morgan fingerprint density at radius 3 is 2.60 bits per heavy atom. The van der Waals surface area contributed by atoms with Gasteiger partial charge in [0, 0.05) is 5.56 Å². The number of carbonyl (C=O) groups is 1. The largest absolute Gasteiger partial charge is 0.491 e. The van der Waals surface area contributed by atoms with E-state index in [0.29, 0.717) is 10.7 Å². The molecule has 1 fully saturated rings. The molecule has 1 aliphatic heterocycles. The number of amides is 1. The second-order valence-corrected chi connectivity index (χ2v) is 7.54. The summed E-state index contributed by atoms with van der Waals surface area (Å²) in [5, 5.41) is 12.6. The van der Waals surface area contributed by atoms with Crippen LogP contribution in [0.4, 0.5) is 5.13 Å². The minimum atomic E-state index is -0.184. The molecule has 0 aliphatic carbocycles. The Hall–Kier alpha value is -1.99. The summed E-state index contributed by atoms with van der Waals surface area (Å²) in [6.07, 6.45) is 3.92. The fraction of sp³-hybridized carbons (Fsp3) is 0.500. The van der Waals surface area contributed by atoms with Crippen LogP contribution in [0.15, 0.2) is 24.3 Å². The zero-order valence-corrected chi connectivity index (χ0v) is 15.5. The molecule has 0 saturated carbocycles. The van der Waals surface area contributed by atoms with Crippen LogP contribution in [0.1, 0.15) is 48.5 Å². The van der Waals surface area contributed by atoms with Gasteiger partial charge in [-0.2, -0.15) is 0 Å². The number of carbonyl (C=O) groups excluding carboxylic acids is 1. The predicted molar refractivity (Wildman–Crippen MR) is 99.2 cm³/mol. The monoisotopic (exact) mass is 360 g/mol. The average molecular weight is 360 g/mol. The van der Waals surface area contributed by atoms with Gasteiger partial charge in [-0.1, -0.05) is 17.8 Å². The van der Waals surface area contributed by atoms with Crippen LogP contribution in [0, 0.1) is 0 Å². The highest BCUT2D eigenvalue weighted by atomic mass is 32.1. The Labute approximate surface area is 152 Å². The van der Waals surface area contributed by atoms with E-state index in [1.165, 1.54) is 30.6 Å². The predicted octanol–water partition coefficient (Wildman–Crippen LogP) is 3.56. The number of ether oxygens (including phenoxy) is 1. The Morgan fingerprint density at radius 2 is 1.92 bits per heavy atom. The van der Waals surface area contributed by atoms with Crippen LogP contribution in [0.2, 0.25) is 0 Å². The van der Waals surface area contributed by atoms with Gasteiger partial charge in [-0.15, -0.1) is 10.2 Å². The zero-order valence-electron chi connectivity index (χ0n) is 14.7. The summed E-state index contributed by atoms with van der Waals surface area (Å²) < 4.78 is 5.59. The number of nitrogens with zero attached hydrogens (tertiary/aromatic N) is 3. The molecule has 2 heterocycles. The fourth-order valence-electron chi connectivity index (χ4n) is 2.80. The van der Waals surface area contributed by atoms with E-state index in [2.05, 4.69) is 20.4 Å². The molecule has 7 heteroatoms. The van der Waals surface area contributed by atoms with E-state index in [4.69, 9.17) is 4.74 Å². The SMILES string of the molecule is CC(C)Oc1ccc(C(=O)Nc2nnc(CN3CCCCC3)s2)cc1. The fourth-order valence-corrected chi connectivity index (χ4v) is 3.58. The lowest BCUT2D eigenvalue weighted by molar-refractivity contribution is 0.102. The molecule has 2 aromatic rings. The Kier molecular flexibility index (Phi) is 5.99. The van der Waals surface area contributed by atoms with E-state index >= 15 is 0 Å². The number of piperidine rings is 1. The van der Waals surface area contributed by atoms with Crippen molar-refractivity contribution in [3.63, 3.8) is 0 Å². The van der Waals surface area contributed by atoms with Gasteiger partial charge >= 0.3 is 0 Å². The summed E-state index contributed by atoms with van der Waals surface area (Å²) in [6.45, 7) is 6.99. The highest BCUT2D eigenvalue weighted by Crippen LogP contribution is 2.20. The van der Waals surface area contributed by atoms with Crippen molar-refractivity contribution < 1.29 is 9.53 Å². The van der Waals surface area contributed by atoms with E-state index in [9.17, 15) is 4.79 Å². The number of likely N-dealkylation sites (tertiary alicyclic amines) is 1. The van der Waals surface area contributed by atoms with E-state index in [1.807, 2.05) is 13.8 Å². The first kappa shape index (κ1) is 17.8. The molecule has 25 heavy (non-hydrogen) atoms. The molecule has 1 amide bonds. The maximum absolute atomic E-state index is 12.3. The quantitative estimate of drug-likeness (QED) is 0.853. The number of nitrogens with one attached hydrogen (secondary N) is 1. The molecule has 1 aromatic carbocycles. The van der Waals surface area contributed by atoms with Crippen molar-refractivity contribution in [2.24, 2.45) is 0 Å². The van der Waals surface area contributed by atoms with Crippen LogP contribution in [-0.4, -0.2) is 40.2 Å². The van der Waals surface area contributed by atoms with Crippen molar-refractivity contribution in [1.82, 2.24) is 15.1 Å². The van der Waals surface area contributed by atoms with Crippen molar-refractivity contribution in [2.45, 2.75) is 45.8 Å². The van der Waals surface area contributed by atoms with Gasteiger partial charge in [-0.25, -0.2) is 0 Å². The third-order valence-electron chi connectivity index (χ3n) is 3.98. The Balaban J connectivity index is 1.55. The van der Waals surface area contributed by atoms with Crippen molar-refractivity contribution in [1.29, 1.82) is 0 Å². The van der Waals surface area contributed by atoms with Gasteiger partial charge in [0.1, 0.15) is 10.8 Å². The third-order valence-corrected chi connectivity index (χ3v) is 4.81. The molecular weight excluding hydrogens is 336 g/mol. The van der Waals surface area contributed by atoms with Gasteiger partial charge in [0.05, 0.1) is 12.6 Å². The van der Waals surface area contributed by atoms with E-state index in [0.717, 1.165) is 30.4 Å². The number of rotatable bonds is 6. The number of benzene rings is 1. The molecule has 1 N–H and O–H groups in total. The van der Waals surface area contributed by atoms with E-state index < -0.39 is 0 Å². The summed E-state index contributed by atoms with van der Waals surface area (Å²) >= 11 is 1.44. The van der Waals surface area contributed by atoms with Crippen LogP contribution in [0.3, 0.4) is 0 Å². The van der Waals surface area contributed by atoms with Crippen LogP contribution < -0.4 is 10.1 Å². The molecule has 1 aliphatic rings. The van der Waals surface area contributed by atoms with E-state index in [-0.39, 0.29) is 12.0 Å². The Bertz CT molecular complexity index is 693. The van der Waals surface area contributed by atoms with Crippen molar-refractivity contribution in [3.05, 3.63) is 34.8 Å². The minimum absolute atomic E-state index is 0.111. The summed E-state index contributed by atoms with van der Waals surface area (Å²) in [5.41, 5.74) is 0.573. The van der Waals surface area contributed by atoms with Crippen molar-refractivity contribution in [3.8, 4) is 5.75 Å². The number of hydrogen-bond donors (Lipinski definition) is 1. The molecule has 134 valence electrons. The maximum atomic E-state index is 12.3. The van der Waals surface area contributed by atoms with Gasteiger partial charge in [0.15, 0.2) is 0 Å². The molecule has 0 atom stereocenters. The van der Waals surface area contributed by atoms with Gasteiger partial charge < -0.3 is 4.74 Å². The van der Waals surface area contributed by atoms with Crippen LogP contribution in [-0.2, 0) is 6.54 Å². The lowest BCUT2D eigenvalue weighted by Gasteiger charge is -2.24. The molecule has 3 rings (SSSR count). The van der Waals surface area contributed by atoms with Crippen LogP contribution in [0.5, 0.6) is 5.75 Å². The second-order valence-electron chi connectivity index (χ2n) is 6.48. The minimum Gasteiger partial charge on any atom is -0.491 e. The first-order valence-corrected chi connectivity index (χ1v) is 9.54. The van der Waals surface area contributed by atoms with Crippen molar-refractivity contribution >= 4 is 22.4 Å². The molecule has 0 spiro atoms. The zero-order chi connectivity index (χ0) is 17.6. The number of anilines is 1. The average Bonchev–Trinajstić information content (AvgIpc) is 3.02. The second kappa shape index (κ2) is 8.40. The van der Waals surface area contributed by atoms with Crippen LogP contribution in [0.25, 0.3) is 0 Å². The lowest BCUT2D eigenvalue weighted by atomic mass is 10.1. The molecule has 1 aromatic heterocycles. The van der Waals surface area contributed by atoms with Crippen molar-refractivity contribution in [2.75, 3.05) is 18.4 Å². The van der Waals surface area contributed by atoms with Gasteiger partial charge in [0.25, 0.3) is 5.91 Å². The van der Waals surface area contributed by atoms with E-state index in [1.54, 1.807) is 24.3 Å². The topological polar surface area (TPSA) is 67.3 Å². The van der Waals surface area contributed by atoms with Gasteiger partial charge in [-0.3, -0.25) is 15.0 Å². The smallest absolute Gasteiger partial charge is 0.257 e. The molecule has 0 radical (unpaired) electrons. The highest BCUT2D eigenvalue weighted by molar-refractivity contribution is 7.15. The normalized spacial score (nSPS) is 15.3. The summed E-state index contributed by atoms with van der Waals surface area (Å²) in [4.78, 5) is 14.7. The first-order valence-electron chi connectivity index (χ1n) is 8.73. The standard InChI is InChI=1S/C18H24N4O2S/c1-13(2)24-15-8-6-14(7-9-15)17(23)19-18-21-20-16(25-18)12-22-10-4-3-5-11-22/h6-9,13H,3-5,10-12H2,1-2H3,(H,19,21,23).